The zero-order chi connectivity index (χ0) is 25.6. The van der Waals surface area contributed by atoms with Crippen LogP contribution in [0.15, 0.2) is 18.2 Å². The van der Waals surface area contributed by atoms with E-state index in [0.717, 1.165) is 0 Å². The van der Waals surface area contributed by atoms with E-state index in [0.29, 0.717) is 18.5 Å². The van der Waals surface area contributed by atoms with Gasteiger partial charge in [-0.15, -0.1) is 0 Å². The molecule has 1 aromatic rings. The van der Waals surface area contributed by atoms with Crippen LogP contribution in [0.1, 0.15) is 30.6 Å². The SMILES string of the molecule is CC(C)[C@H](NC(=O)c1ccc(N)c(Cl)c1)C(=O)N1CCN(C)C[C@H]1C(=O)N[C@H](C=O)CC(=O)O. The minimum atomic E-state index is -1.24. The number of halogens is 1. The van der Waals surface area contributed by atoms with Gasteiger partial charge in [-0.2, -0.15) is 0 Å². The lowest BCUT2D eigenvalue weighted by Gasteiger charge is -2.41. The summed E-state index contributed by atoms with van der Waals surface area (Å²) in [4.78, 5) is 64.6. The smallest absolute Gasteiger partial charge is 0.305 e. The van der Waals surface area contributed by atoms with Crippen LogP contribution in [0.5, 0.6) is 0 Å². The van der Waals surface area contributed by atoms with E-state index >= 15 is 0 Å². The Morgan fingerprint density at radius 1 is 1.24 bits per heavy atom. The van der Waals surface area contributed by atoms with Crippen LogP contribution >= 0.6 is 11.6 Å². The quantitative estimate of drug-likeness (QED) is 0.274. The number of aldehydes is 1. The third-order valence-corrected chi connectivity index (χ3v) is 5.86. The second-order valence-corrected chi connectivity index (χ2v) is 9.00. The number of carboxylic acids is 1. The van der Waals surface area contributed by atoms with Gasteiger partial charge in [0, 0.05) is 25.2 Å². The molecule has 34 heavy (non-hydrogen) atoms. The van der Waals surface area contributed by atoms with Crippen molar-refractivity contribution in [2.45, 2.75) is 38.4 Å². The van der Waals surface area contributed by atoms with Gasteiger partial charge in [-0.05, 0) is 31.2 Å². The molecule has 0 radical (unpaired) electrons. The number of nitrogen functional groups attached to an aromatic ring is 1. The Bertz CT molecular complexity index is 956. The summed E-state index contributed by atoms with van der Waals surface area (Å²) in [5.41, 5.74) is 6.24. The third-order valence-electron chi connectivity index (χ3n) is 5.54. The van der Waals surface area contributed by atoms with E-state index in [2.05, 4.69) is 10.6 Å². The Kier molecular flexibility index (Phi) is 9.39. The molecule has 1 fully saturated rings. The van der Waals surface area contributed by atoms with Crippen molar-refractivity contribution in [3.63, 3.8) is 0 Å². The average Bonchev–Trinajstić information content (AvgIpc) is 2.77. The summed E-state index contributed by atoms with van der Waals surface area (Å²) >= 11 is 6.00. The van der Waals surface area contributed by atoms with Crippen LogP contribution in [0.25, 0.3) is 0 Å². The van der Waals surface area contributed by atoms with Crippen LogP contribution in [-0.2, 0) is 19.2 Å². The van der Waals surface area contributed by atoms with Crippen molar-refractivity contribution in [2.75, 3.05) is 32.4 Å². The van der Waals surface area contributed by atoms with Gasteiger partial charge in [-0.1, -0.05) is 25.4 Å². The molecule has 1 aromatic carbocycles. The maximum atomic E-state index is 13.5. The number of carbonyl (C=O) groups is 5. The summed E-state index contributed by atoms with van der Waals surface area (Å²) in [5.74, 6) is -3.17. The Hall–Kier alpha value is -3.18. The Labute approximate surface area is 202 Å². The molecule has 0 unspecified atom stereocenters. The van der Waals surface area contributed by atoms with Crippen molar-refractivity contribution in [2.24, 2.45) is 5.92 Å². The molecule has 1 saturated heterocycles. The highest BCUT2D eigenvalue weighted by Gasteiger charge is 2.39. The zero-order valence-corrected chi connectivity index (χ0v) is 20.0. The second kappa shape index (κ2) is 11.8. The van der Waals surface area contributed by atoms with E-state index in [-0.39, 0.29) is 29.6 Å². The summed E-state index contributed by atoms with van der Waals surface area (Å²) < 4.78 is 0. The number of benzene rings is 1. The highest BCUT2D eigenvalue weighted by atomic mass is 35.5. The van der Waals surface area contributed by atoms with E-state index < -0.39 is 48.2 Å². The van der Waals surface area contributed by atoms with Crippen molar-refractivity contribution < 1.29 is 29.1 Å². The first-order valence-corrected chi connectivity index (χ1v) is 11.1. The van der Waals surface area contributed by atoms with E-state index in [1.165, 1.54) is 23.1 Å². The van der Waals surface area contributed by atoms with Crippen molar-refractivity contribution >= 4 is 47.3 Å². The molecule has 186 valence electrons. The first-order valence-electron chi connectivity index (χ1n) is 10.8. The number of piperazine rings is 1. The lowest BCUT2D eigenvalue weighted by atomic mass is 9.99. The number of rotatable bonds is 9. The maximum absolute atomic E-state index is 13.5. The standard InChI is InChI=1S/C22H30ClN5O6/c1-12(2)19(26-20(32)13-4-5-16(24)15(23)8-13)22(34)28-7-6-27(3)10-17(28)21(33)25-14(11-29)9-18(30)31/h4-5,8,11-12,14,17,19H,6-7,9-10,24H2,1-3H3,(H,25,33)(H,26,32)(H,30,31)/t14-,17-,19-/m0/s1. The molecule has 1 aliphatic heterocycles. The van der Waals surface area contributed by atoms with Crippen molar-refractivity contribution in [1.29, 1.82) is 0 Å². The number of hydrogen-bond donors (Lipinski definition) is 4. The van der Waals surface area contributed by atoms with Crippen LogP contribution in [0, 0.1) is 5.92 Å². The number of nitrogens with one attached hydrogen (secondary N) is 2. The van der Waals surface area contributed by atoms with Crippen LogP contribution in [0.4, 0.5) is 5.69 Å². The fourth-order valence-corrected chi connectivity index (χ4v) is 3.77. The van der Waals surface area contributed by atoms with Crippen LogP contribution in [0.2, 0.25) is 5.02 Å². The van der Waals surface area contributed by atoms with Gasteiger partial charge in [0.25, 0.3) is 5.91 Å². The van der Waals surface area contributed by atoms with E-state index in [4.69, 9.17) is 22.4 Å². The van der Waals surface area contributed by atoms with Gasteiger partial charge in [0.2, 0.25) is 11.8 Å². The monoisotopic (exact) mass is 495 g/mol. The highest BCUT2D eigenvalue weighted by molar-refractivity contribution is 6.33. The minimum Gasteiger partial charge on any atom is -0.481 e. The summed E-state index contributed by atoms with van der Waals surface area (Å²) in [6, 6.07) is 1.26. The molecule has 12 heteroatoms. The number of carbonyl (C=O) groups excluding carboxylic acids is 4. The number of amides is 3. The lowest BCUT2D eigenvalue weighted by molar-refractivity contribution is -0.147. The second-order valence-electron chi connectivity index (χ2n) is 8.59. The average molecular weight is 496 g/mol. The number of hydrogen-bond acceptors (Lipinski definition) is 7. The molecule has 1 aliphatic rings. The zero-order valence-electron chi connectivity index (χ0n) is 19.3. The summed E-state index contributed by atoms with van der Waals surface area (Å²) in [5, 5.41) is 14.2. The molecule has 0 bridgehead atoms. The van der Waals surface area contributed by atoms with Crippen LogP contribution in [0.3, 0.4) is 0 Å². The van der Waals surface area contributed by atoms with Crippen molar-refractivity contribution in [3.8, 4) is 0 Å². The van der Waals surface area contributed by atoms with E-state index in [1.54, 1.807) is 20.9 Å². The molecular weight excluding hydrogens is 466 g/mol. The van der Waals surface area contributed by atoms with Gasteiger partial charge >= 0.3 is 5.97 Å². The predicted molar refractivity (Wildman–Crippen MR) is 125 cm³/mol. The first kappa shape index (κ1) is 27.1. The largest absolute Gasteiger partial charge is 0.481 e. The molecule has 0 saturated carbocycles. The molecule has 3 amide bonds. The van der Waals surface area contributed by atoms with E-state index in [1.807, 2.05) is 4.90 Å². The normalized spacial score (nSPS) is 18.1. The lowest BCUT2D eigenvalue weighted by Crippen LogP contribution is -2.64. The van der Waals surface area contributed by atoms with Gasteiger partial charge in [0.1, 0.15) is 18.4 Å². The Morgan fingerprint density at radius 2 is 1.91 bits per heavy atom. The van der Waals surface area contributed by atoms with Gasteiger partial charge in [0.15, 0.2) is 0 Å². The van der Waals surface area contributed by atoms with Crippen LogP contribution in [-0.4, -0.2) is 89.7 Å². The summed E-state index contributed by atoms with van der Waals surface area (Å²) in [7, 11) is 1.78. The number of nitrogens with two attached hydrogens (primary N) is 1. The molecule has 1 heterocycles. The topological polar surface area (TPSA) is 162 Å². The third kappa shape index (κ3) is 6.91. The summed E-state index contributed by atoms with van der Waals surface area (Å²) in [6.07, 6.45) is -0.222. The number of aliphatic carboxylic acids is 1. The van der Waals surface area contributed by atoms with E-state index in [9.17, 15) is 24.0 Å². The minimum absolute atomic E-state index is 0.183. The van der Waals surface area contributed by atoms with Crippen molar-refractivity contribution in [1.82, 2.24) is 20.4 Å². The predicted octanol–water partition coefficient (Wildman–Crippen LogP) is -0.0224. The molecule has 2 rings (SSSR count). The van der Waals surface area contributed by atoms with Crippen molar-refractivity contribution in [3.05, 3.63) is 28.8 Å². The number of anilines is 1. The number of carboxylic acid groups (broad SMARTS) is 1. The molecular formula is C22H30ClN5O6. The number of nitrogens with zero attached hydrogens (tertiary/aromatic N) is 2. The van der Waals surface area contributed by atoms with Crippen LogP contribution < -0.4 is 16.4 Å². The van der Waals surface area contributed by atoms with Gasteiger partial charge in [-0.3, -0.25) is 19.2 Å². The fraction of sp³-hybridized carbons (Fsp3) is 0.500. The van der Waals surface area contributed by atoms with Gasteiger partial charge < -0.3 is 36.1 Å². The Balaban J connectivity index is 2.23. The Morgan fingerprint density at radius 3 is 2.47 bits per heavy atom. The first-order chi connectivity index (χ1) is 15.9. The molecule has 0 aliphatic carbocycles. The molecule has 5 N–H and O–H groups in total. The maximum Gasteiger partial charge on any atom is 0.305 e. The highest BCUT2D eigenvalue weighted by Crippen LogP contribution is 2.20. The fourth-order valence-electron chi connectivity index (χ4n) is 3.59. The molecule has 11 nitrogen and oxygen atoms in total. The molecule has 3 atom stereocenters. The van der Waals surface area contributed by atoms with Gasteiger partial charge in [-0.25, -0.2) is 0 Å². The molecule has 0 aromatic heterocycles. The van der Waals surface area contributed by atoms with Gasteiger partial charge in [0.05, 0.1) is 23.2 Å². The summed E-state index contributed by atoms with van der Waals surface area (Å²) in [6.45, 7) is 4.42. The molecule has 0 spiro atoms. The number of likely N-dealkylation sites (N-methyl/N-ethyl adjacent to an activating group) is 1.